The monoisotopic (exact) mass is 211 g/mol. The van der Waals surface area contributed by atoms with Gasteiger partial charge in [-0.05, 0) is 24.7 Å². The summed E-state index contributed by atoms with van der Waals surface area (Å²) in [6, 6.07) is -0.592. The summed E-state index contributed by atoms with van der Waals surface area (Å²) >= 11 is 0. The Kier molecular flexibility index (Phi) is 2.44. The van der Waals surface area contributed by atoms with Gasteiger partial charge in [-0.1, -0.05) is 13.8 Å². The first-order valence-electron chi connectivity index (χ1n) is 5.55. The Balaban J connectivity index is 2.08. The molecule has 4 atom stereocenters. The van der Waals surface area contributed by atoms with Crippen LogP contribution in [0.3, 0.4) is 0 Å². The quantitative estimate of drug-likeness (QED) is 0.740. The number of hydrogen-bond acceptors (Lipinski definition) is 2. The Morgan fingerprint density at radius 1 is 1.27 bits per heavy atom. The second-order valence-corrected chi connectivity index (χ2v) is 4.90. The molecule has 2 aliphatic rings. The lowest BCUT2D eigenvalue weighted by atomic mass is 10.0. The number of likely N-dealkylation sites (tertiary alicyclic amines) is 1. The molecule has 84 valence electrons. The third kappa shape index (κ3) is 1.73. The fraction of sp³-hybridized carbons (Fsp3) is 0.818. The molecule has 0 aromatic heterocycles. The van der Waals surface area contributed by atoms with Crippen LogP contribution in [-0.4, -0.2) is 34.5 Å². The zero-order chi connectivity index (χ0) is 11.2. The minimum Gasteiger partial charge on any atom is -0.480 e. The average molecular weight is 211 g/mol. The fourth-order valence-electron chi connectivity index (χ4n) is 2.45. The van der Waals surface area contributed by atoms with E-state index >= 15 is 0 Å². The van der Waals surface area contributed by atoms with Crippen LogP contribution in [0.25, 0.3) is 0 Å². The van der Waals surface area contributed by atoms with Crippen LogP contribution in [0, 0.1) is 17.8 Å². The summed E-state index contributed by atoms with van der Waals surface area (Å²) in [5.74, 6) is -0.179. The molecule has 1 aliphatic heterocycles. The zero-order valence-corrected chi connectivity index (χ0v) is 9.14. The molecule has 2 rings (SSSR count). The van der Waals surface area contributed by atoms with Gasteiger partial charge < -0.3 is 10.0 Å². The molecule has 1 amide bonds. The van der Waals surface area contributed by atoms with E-state index in [2.05, 4.69) is 0 Å². The van der Waals surface area contributed by atoms with E-state index in [1.54, 1.807) is 4.90 Å². The highest BCUT2D eigenvalue weighted by atomic mass is 16.4. The number of carboxylic acids is 1. The average Bonchev–Trinajstić information content (AvgIpc) is 2.74. The molecule has 0 radical (unpaired) electrons. The zero-order valence-electron chi connectivity index (χ0n) is 9.14. The number of carbonyl (C=O) groups excluding carboxylic acids is 1. The molecule has 0 spiro atoms. The highest BCUT2D eigenvalue weighted by Crippen LogP contribution is 2.41. The summed E-state index contributed by atoms with van der Waals surface area (Å²) in [6.45, 7) is 4.56. The van der Waals surface area contributed by atoms with Crippen LogP contribution in [0.4, 0.5) is 0 Å². The van der Waals surface area contributed by atoms with Crippen LogP contribution in [-0.2, 0) is 9.59 Å². The number of amides is 1. The second-order valence-electron chi connectivity index (χ2n) is 4.90. The molecule has 4 nitrogen and oxygen atoms in total. The molecule has 15 heavy (non-hydrogen) atoms. The van der Waals surface area contributed by atoms with Gasteiger partial charge in [0.15, 0.2) is 0 Å². The number of nitrogens with zero attached hydrogens (tertiary/aromatic N) is 1. The Labute approximate surface area is 89.3 Å². The van der Waals surface area contributed by atoms with E-state index < -0.39 is 12.0 Å². The van der Waals surface area contributed by atoms with Crippen molar-refractivity contribution in [1.82, 2.24) is 4.90 Å². The van der Waals surface area contributed by atoms with E-state index in [4.69, 9.17) is 5.11 Å². The van der Waals surface area contributed by atoms with Crippen LogP contribution in [0.5, 0.6) is 0 Å². The first kappa shape index (κ1) is 10.5. The number of carboxylic acid groups (broad SMARTS) is 1. The lowest BCUT2D eigenvalue weighted by molar-refractivity contribution is -0.150. The van der Waals surface area contributed by atoms with E-state index in [1.807, 2.05) is 13.8 Å². The number of hydrogen-bond donors (Lipinski definition) is 1. The molecule has 2 fully saturated rings. The molecule has 0 bridgehead atoms. The molecule has 1 heterocycles. The van der Waals surface area contributed by atoms with Gasteiger partial charge >= 0.3 is 5.97 Å². The molecule has 1 aliphatic carbocycles. The predicted octanol–water partition coefficient (Wildman–Crippen LogP) is 0.964. The van der Waals surface area contributed by atoms with Crippen LogP contribution < -0.4 is 0 Å². The maximum Gasteiger partial charge on any atom is 0.326 e. The summed E-state index contributed by atoms with van der Waals surface area (Å²) < 4.78 is 0. The minimum atomic E-state index is -0.860. The summed E-state index contributed by atoms with van der Waals surface area (Å²) in [5.41, 5.74) is 0. The lowest BCUT2D eigenvalue weighted by Crippen LogP contribution is -2.43. The first-order valence-corrected chi connectivity index (χ1v) is 5.55. The minimum absolute atomic E-state index is 0.0549. The predicted molar refractivity (Wildman–Crippen MR) is 54.2 cm³/mol. The van der Waals surface area contributed by atoms with Crippen molar-refractivity contribution in [3.63, 3.8) is 0 Å². The van der Waals surface area contributed by atoms with Gasteiger partial charge in [0.1, 0.15) is 6.04 Å². The van der Waals surface area contributed by atoms with Gasteiger partial charge in [0.05, 0.1) is 0 Å². The molecular formula is C11H17NO3. The van der Waals surface area contributed by atoms with E-state index in [0.29, 0.717) is 12.5 Å². The molecular weight excluding hydrogens is 194 g/mol. The van der Waals surface area contributed by atoms with Crippen molar-refractivity contribution in [1.29, 1.82) is 0 Å². The van der Waals surface area contributed by atoms with Crippen molar-refractivity contribution >= 4 is 11.9 Å². The van der Waals surface area contributed by atoms with Crippen molar-refractivity contribution in [2.24, 2.45) is 17.8 Å². The van der Waals surface area contributed by atoms with Gasteiger partial charge in [0.2, 0.25) is 5.91 Å². The maximum atomic E-state index is 11.9. The topological polar surface area (TPSA) is 57.6 Å². The standard InChI is InChI=1S/C11H17NO3/c1-6-3-4-12(9(6)11(14)15)10(13)8-5-7(8)2/h6-9H,3-5H2,1-2H3,(H,14,15). The van der Waals surface area contributed by atoms with Crippen molar-refractivity contribution in [2.75, 3.05) is 6.54 Å². The Morgan fingerprint density at radius 2 is 1.87 bits per heavy atom. The van der Waals surface area contributed by atoms with E-state index in [0.717, 1.165) is 12.8 Å². The fourth-order valence-corrected chi connectivity index (χ4v) is 2.45. The largest absolute Gasteiger partial charge is 0.480 e. The van der Waals surface area contributed by atoms with Gasteiger partial charge in [0.25, 0.3) is 0 Å². The van der Waals surface area contributed by atoms with Gasteiger partial charge in [-0.15, -0.1) is 0 Å². The molecule has 0 aromatic rings. The SMILES string of the molecule is CC1CC1C(=O)N1CCC(C)C1C(=O)O. The van der Waals surface area contributed by atoms with Crippen molar-refractivity contribution < 1.29 is 14.7 Å². The smallest absolute Gasteiger partial charge is 0.326 e. The van der Waals surface area contributed by atoms with Crippen LogP contribution >= 0.6 is 0 Å². The number of carbonyl (C=O) groups is 2. The summed E-state index contributed by atoms with van der Waals surface area (Å²) in [4.78, 5) is 24.6. The van der Waals surface area contributed by atoms with Crippen molar-refractivity contribution in [3.8, 4) is 0 Å². The van der Waals surface area contributed by atoms with E-state index in [9.17, 15) is 9.59 Å². The molecule has 1 N–H and O–H groups in total. The normalized spacial score (nSPS) is 39.2. The number of aliphatic carboxylic acids is 1. The van der Waals surface area contributed by atoms with Gasteiger partial charge in [0, 0.05) is 12.5 Å². The van der Waals surface area contributed by atoms with E-state index in [1.165, 1.54) is 0 Å². The molecule has 1 saturated heterocycles. The lowest BCUT2D eigenvalue weighted by Gasteiger charge is -2.23. The Morgan fingerprint density at radius 3 is 2.33 bits per heavy atom. The van der Waals surface area contributed by atoms with Crippen molar-refractivity contribution in [2.45, 2.75) is 32.7 Å². The number of rotatable bonds is 2. The van der Waals surface area contributed by atoms with Gasteiger partial charge in [-0.2, -0.15) is 0 Å². The second kappa shape index (κ2) is 3.51. The van der Waals surface area contributed by atoms with E-state index in [-0.39, 0.29) is 17.7 Å². The van der Waals surface area contributed by atoms with Gasteiger partial charge in [-0.3, -0.25) is 4.79 Å². The molecule has 0 aromatic carbocycles. The Bertz CT molecular complexity index is 302. The first-order chi connectivity index (χ1) is 7.02. The highest BCUT2D eigenvalue weighted by Gasteiger charge is 2.47. The maximum absolute atomic E-state index is 11.9. The molecule has 4 unspecified atom stereocenters. The third-order valence-electron chi connectivity index (χ3n) is 3.66. The van der Waals surface area contributed by atoms with Crippen LogP contribution in [0.1, 0.15) is 26.7 Å². The summed E-state index contributed by atoms with van der Waals surface area (Å²) in [7, 11) is 0. The summed E-state index contributed by atoms with van der Waals surface area (Å²) in [6.07, 6.45) is 1.74. The highest BCUT2D eigenvalue weighted by molar-refractivity contribution is 5.87. The molecule has 4 heteroatoms. The van der Waals surface area contributed by atoms with Crippen LogP contribution in [0.2, 0.25) is 0 Å². The summed E-state index contributed by atoms with van der Waals surface area (Å²) in [5, 5.41) is 9.08. The van der Waals surface area contributed by atoms with Crippen LogP contribution in [0.15, 0.2) is 0 Å². The van der Waals surface area contributed by atoms with Gasteiger partial charge in [-0.25, -0.2) is 4.79 Å². The third-order valence-corrected chi connectivity index (χ3v) is 3.66. The Hall–Kier alpha value is -1.06. The molecule has 1 saturated carbocycles. The van der Waals surface area contributed by atoms with Crippen molar-refractivity contribution in [3.05, 3.63) is 0 Å².